The number of carbonyl (C=O) groups is 1. The summed E-state index contributed by atoms with van der Waals surface area (Å²) >= 11 is 0. The number of aromatic nitrogens is 3. The monoisotopic (exact) mass is 247 g/mol. The summed E-state index contributed by atoms with van der Waals surface area (Å²) in [6.45, 7) is 3.99. The fourth-order valence-corrected chi connectivity index (χ4v) is 1.50. The van der Waals surface area contributed by atoms with Crippen LogP contribution >= 0.6 is 0 Å². The Hall–Kier alpha value is -2.24. The average molecular weight is 247 g/mol. The molecule has 0 unspecified atom stereocenters. The first-order chi connectivity index (χ1) is 8.70. The molecule has 6 nitrogen and oxygen atoms in total. The van der Waals surface area contributed by atoms with Crippen LogP contribution in [0.5, 0.6) is 0 Å². The summed E-state index contributed by atoms with van der Waals surface area (Å²) in [6, 6.07) is 1.80. The van der Waals surface area contributed by atoms with Crippen molar-refractivity contribution in [3.63, 3.8) is 0 Å². The van der Waals surface area contributed by atoms with Gasteiger partial charge in [0.2, 0.25) is 11.7 Å². The molecule has 0 aliphatic heterocycles. The Morgan fingerprint density at radius 2 is 2.33 bits per heavy atom. The van der Waals surface area contributed by atoms with Gasteiger partial charge >= 0.3 is 5.97 Å². The standard InChI is InChI=1S/C12H13N3O3/c1-3-17-11(16)6-10-14-12(15-18-10)9-4-5-13-7-8(9)2/h4-5,7H,3,6H2,1-2H3. The predicted molar refractivity (Wildman–Crippen MR) is 62.6 cm³/mol. The van der Waals surface area contributed by atoms with Gasteiger partial charge in [0.1, 0.15) is 6.42 Å². The second-order valence-corrected chi connectivity index (χ2v) is 3.68. The number of nitrogens with zero attached hydrogens (tertiary/aromatic N) is 3. The third-order valence-electron chi connectivity index (χ3n) is 2.33. The van der Waals surface area contributed by atoms with Crippen molar-refractivity contribution in [3.05, 3.63) is 29.9 Å². The third kappa shape index (κ3) is 2.71. The predicted octanol–water partition coefficient (Wildman–Crippen LogP) is 1.55. The smallest absolute Gasteiger partial charge is 0.315 e. The first kappa shape index (κ1) is 12.2. The molecule has 0 spiro atoms. The van der Waals surface area contributed by atoms with E-state index in [1.54, 1.807) is 25.4 Å². The Morgan fingerprint density at radius 1 is 1.50 bits per heavy atom. The normalized spacial score (nSPS) is 10.3. The zero-order valence-electron chi connectivity index (χ0n) is 10.2. The van der Waals surface area contributed by atoms with Crippen LogP contribution < -0.4 is 0 Å². The van der Waals surface area contributed by atoms with Gasteiger partial charge in [0.05, 0.1) is 6.61 Å². The van der Waals surface area contributed by atoms with Gasteiger partial charge in [-0.2, -0.15) is 4.98 Å². The molecule has 0 aliphatic carbocycles. The Kier molecular flexibility index (Phi) is 3.66. The molecule has 2 rings (SSSR count). The minimum absolute atomic E-state index is 0.00896. The van der Waals surface area contributed by atoms with E-state index in [0.29, 0.717) is 12.4 Å². The lowest BCUT2D eigenvalue weighted by Crippen LogP contribution is -2.07. The van der Waals surface area contributed by atoms with Gasteiger partial charge in [-0.15, -0.1) is 0 Å². The van der Waals surface area contributed by atoms with E-state index in [1.807, 2.05) is 6.92 Å². The molecule has 2 aromatic heterocycles. The maximum absolute atomic E-state index is 11.3. The minimum Gasteiger partial charge on any atom is -0.466 e. The molecule has 0 aliphatic rings. The number of hydrogen-bond acceptors (Lipinski definition) is 6. The van der Waals surface area contributed by atoms with Gasteiger partial charge in [0.15, 0.2) is 0 Å². The second-order valence-electron chi connectivity index (χ2n) is 3.68. The number of aryl methyl sites for hydroxylation is 1. The van der Waals surface area contributed by atoms with E-state index in [1.165, 1.54) is 0 Å². The van der Waals surface area contributed by atoms with Gasteiger partial charge in [-0.05, 0) is 25.5 Å². The Morgan fingerprint density at radius 3 is 3.06 bits per heavy atom. The second kappa shape index (κ2) is 5.39. The van der Waals surface area contributed by atoms with Crippen molar-refractivity contribution in [2.45, 2.75) is 20.3 Å². The highest BCUT2D eigenvalue weighted by Crippen LogP contribution is 2.18. The summed E-state index contributed by atoms with van der Waals surface area (Å²) in [6.07, 6.45) is 3.37. The lowest BCUT2D eigenvalue weighted by atomic mass is 10.1. The molecule has 0 bridgehead atoms. The summed E-state index contributed by atoms with van der Waals surface area (Å²) in [5, 5.41) is 3.84. The van der Waals surface area contributed by atoms with E-state index in [4.69, 9.17) is 9.26 Å². The molecule has 0 saturated heterocycles. The molecule has 0 saturated carbocycles. The van der Waals surface area contributed by atoms with Crippen molar-refractivity contribution >= 4 is 5.97 Å². The number of hydrogen-bond donors (Lipinski definition) is 0. The number of esters is 1. The molecule has 6 heteroatoms. The van der Waals surface area contributed by atoms with Crippen LogP contribution in [-0.4, -0.2) is 27.7 Å². The molecule has 0 atom stereocenters. The molecule has 2 heterocycles. The van der Waals surface area contributed by atoms with Gasteiger partial charge in [-0.3, -0.25) is 9.78 Å². The molecule has 0 N–H and O–H groups in total. The average Bonchev–Trinajstić information content (AvgIpc) is 2.78. The van der Waals surface area contributed by atoms with Crippen molar-refractivity contribution < 1.29 is 14.1 Å². The summed E-state index contributed by atoms with van der Waals surface area (Å²) in [5.41, 5.74) is 1.78. The SMILES string of the molecule is CCOC(=O)Cc1nc(-c2ccncc2C)no1. The van der Waals surface area contributed by atoms with Gasteiger partial charge in [-0.25, -0.2) is 0 Å². The van der Waals surface area contributed by atoms with Crippen LogP contribution in [0.15, 0.2) is 23.0 Å². The van der Waals surface area contributed by atoms with E-state index in [0.717, 1.165) is 11.1 Å². The molecule has 0 radical (unpaired) electrons. The first-order valence-electron chi connectivity index (χ1n) is 5.60. The fraction of sp³-hybridized carbons (Fsp3) is 0.333. The molecular formula is C12H13N3O3. The van der Waals surface area contributed by atoms with Crippen molar-refractivity contribution in [1.29, 1.82) is 0 Å². The minimum atomic E-state index is -0.376. The van der Waals surface area contributed by atoms with E-state index < -0.39 is 0 Å². The van der Waals surface area contributed by atoms with E-state index in [2.05, 4.69) is 15.1 Å². The van der Waals surface area contributed by atoms with Gasteiger partial charge < -0.3 is 9.26 Å². The Labute approximate surface area is 104 Å². The largest absolute Gasteiger partial charge is 0.466 e. The van der Waals surface area contributed by atoms with Crippen LogP contribution in [-0.2, 0) is 16.0 Å². The van der Waals surface area contributed by atoms with E-state index >= 15 is 0 Å². The molecule has 18 heavy (non-hydrogen) atoms. The zero-order chi connectivity index (χ0) is 13.0. The number of ether oxygens (including phenoxy) is 1. The molecule has 0 aromatic carbocycles. The summed E-state index contributed by atoms with van der Waals surface area (Å²) in [4.78, 5) is 19.4. The van der Waals surface area contributed by atoms with Crippen LogP contribution in [0.3, 0.4) is 0 Å². The highest BCUT2D eigenvalue weighted by Gasteiger charge is 2.14. The quantitative estimate of drug-likeness (QED) is 0.763. The summed E-state index contributed by atoms with van der Waals surface area (Å²) in [7, 11) is 0. The zero-order valence-corrected chi connectivity index (χ0v) is 10.2. The van der Waals surface area contributed by atoms with Crippen LogP contribution in [0, 0.1) is 6.92 Å². The third-order valence-corrected chi connectivity index (χ3v) is 2.33. The molecule has 0 fully saturated rings. The molecule has 2 aromatic rings. The Bertz CT molecular complexity index is 551. The maximum atomic E-state index is 11.3. The molecule has 94 valence electrons. The topological polar surface area (TPSA) is 78.1 Å². The van der Waals surface area contributed by atoms with Crippen molar-refractivity contribution in [2.75, 3.05) is 6.61 Å². The number of rotatable bonds is 4. The van der Waals surface area contributed by atoms with E-state index in [-0.39, 0.29) is 18.3 Å². The van der Waals surface area contributed by atoms with E-state index in [9.17, 15) is 4.79 Å². The highest BCUT2D eigenvalue weighted by molar-refractivity contribution is 5.71. The van der Waals surface area contributed by atoms with Crippen molar-refractivity contribution in [3.8, 4) is 11.4 Å². The van der Waals surface area contributed by atoms with Crippen LogP contribution in [0.2, 0.25) is 0 Å². The van der Waals surface area contributed by atoms with Crippen LogP contribution in [0.25, 0.3) is 11.4 Å². The van der Waals surface area contributed by atoms with Crippen LogP contribution in [0.1, 0.15) is 18.4 Å². The summed E-state index contributed by atoms with van der Waals surface area (Å²) < 4.78 is 9.82. The fourth-order valence-electron chi connectivity index (χ4n) is 1.50. The van der Waals surface area contributed by atoms with Crippen molar-refractivity contribution in [1.82, 2.24) is 15.1 Å². The highest BCUT2D eigenvalue weighted by atomic mass is 16.5. The lowest BCUT2D eigenvalue weighted by Gasteiger charge is -1.97. The molecular weight excluding hydrogens is 234 g/mol. The van der Waals surface area contributed by atoms with Gasteiger partial charge in [0.25, 0.3) is 0 Å². The Balaban J connectivity index is 2.16. The first-order valence-corrected chi connectivity index (χ1v) is 5.60. The number of carbonyl (C=O) groups excluding carboxylic acids is 1. The van der Waals surface area contributed by atoms with Gasteiger partial charge in [-0.1, -0.05) is 5.16 Å². The summed E-state index contributed by atoms with van der Waals surface area (Å²) in [5.74, 6) is 0.327. The van der Waals surface area contributed by atoms with Crippen molar-refractivity contribution in [2.24, 2.45) is 0 Å². The number of pyridine rings is 1. The van der Waals surface area contributed by atoms with Gasteiger partial charge in [0, 0.05) is 18.0 Å². The maximum Gasteiger partial charge on any atom is 0.315 e. The van der Waals surface area contributed by atoms with Crippen LogP contribution in [0.4, 0.5) is 0 Å². The molecule has 0 amide bonds. The lowest BCUT2D eigenvalue weighted by molar-refractivity contribution is -0.142.